The smallest absolute Gasteiger partial charge is 0.255 e. The number of nitrogens with one attached hydrogen (secondary N) is 2. The molecule has 0 saturated carbocycles. The molecule has 2 N–H and O–H groups in total. The van der Waals surface area contributed by atoms with Gasteiger partial charge in [-0.2, -0.15) is 0 Å². The zero-order valence-corrected chi connectivity index (χ0v) is 11.4. The summed E-state index contributed by atoms with van der Waals surface area (Å²) in [5.41, 5.74) is 1.32. The van der Waals surface area contributed by atoms with Crippen LogP contribution in [0.1, 0.15) is 10.4 Å². The number of amides is 1. The largest absolute Gasteiger partial charge is 0.373 e. The Labute approximate surface area is 114 Å². The molecule has 1 aromatic heterocycles. The number of nitrogens with zero attached hydrogens (tertiary/aromatic N) is 1. The van der Waals surface area contributed by atoms with Crippen LogP contribution in [0.3, 0.4) is 0 Å². The number of rotatable bonds is 3. The molecular weight excluding hydrogens is 294 g/mol. The number of pyridine rings is 1. The van der Waals surface area contributed by atoms with Crippen LogP contribution in [-0.4, -0.2) is 17.9 Å². The molecule has 1 amide bonds. The van der Waals surface area contributed by atoms with Crippen molar-refractivity contribution in [3.8, 4) is 0 Å². The first kappa shape index (κ1) is 12.6. The first-order valence-corrected chi connectivity index (χ1v) is 6.19. The molecule has 0 aliphatic rings. The summed E-state index contributed by atoms with van der Waals surface area (Å²) in [7, 11) is 1.76. The number of carbonyl (C=O) groups is 1. The minimum Gasteiger partial charge on any atom is -0.373 e. The lowest BCUT2D eigenvalue weighted by Gasteiger charge is -2.06. The zero-order valence-electron chi connectivity index (χ0n) is 9.77. The van der Waals surface area contributed by atoms with Crippen LogP contribution in [-0.2, 0) is 0 Å². The Balaban J connectivity index is 2.14. The van der Waals surface area contributed by atoms with Gasteiger partial charge in [-0.25, -0.2) is 4.98 Å². The lowest BCUT2D eigenvalue weighted by atomic mass is 10.2. The number of hydrogen-bond acceptors (Lipinski definition) is 3. The van der Waals surface area contributed by atoms with Gasteiger partial charge in [-0.05, 0) is 36.4 Å². The average molecular weight is 306 g/mol. The quantitative estimate of drug-likeness (QED) is 0.916. The van der Waals surface area contributed by atoms with E-state index in [-0.39, 0.29) is 5.91 Å². The topological polar surface area (TPSA) is 54.0 Å². The predicted molar refractivity (Wildman–Crippen MR) is 75.9 cm³/mol. The van der Waals surface area contributed by atoms with Crippen LogP contribution in [0.25, 0.3) is 0 Å². The first-order valence-electron chi connectivity index (χ1n) is 5.40. The summed E-state index contributed by atoms with van der Waals surface area (Å²) in [5.74, 6) is 0.509. The van der Waals surface area contributed by atoms with Gasteiger partial charge in [-0.1, -0.05) is 15.9 Å². The highest BCUT2D eigenvalue weighted by molar-refractivity contribution is 9.10. The van der Waals surface area contributed by atoms with E-state index < -0.39 is 0 Å². The summed E-state index contributed by atoms with van der Waals surface area (Å²) in [6.45, 7) is 0. The highest BCUT2D eigenvalue weighted by Gasteiger charge is 2.06. The zero-order chi connectivity index (χ0) is 13.0. The van der Waals surface area contributed by atoms with E-state index in [1.54, 1.807) is 25.4 Å². The van der Waals surface area contributed by atoms with Crippen molar-refractivity contribution in [2.45, 2.75) is 0 Å². The third kappa shape index (κ3) is 3.07. The summed E-state index contributed by atoms with van der Waals surface area (Å²) < 4.78 is 0.974. The number of carbonyl (C=O) groups excluding carboxylic acids is 1. The van der Waals surface area contributed by atoms with Gasteiger partial charge in [0.2, 0.25) is 0 Å². The number of benzene rings is 1. The Kier molecular flexibility index (Phi) is 3.94. The van der Waals surface area contributed by atoms with Gasteiger partial charge >= 0.3 is 0 Å². The van der Waals surface area contributed by atoms with E-state index >= 15 is 0 Å². The molecular formula is C13H12BrN3O. The molecule has 0 saturated heterocycles. The van der Waals surface area contributed by atoms with Gasteiger partial charge in [0.1, 0.15) is 5.82 Å². The van der Waals surface area contributed by atoms with E-state index in [1.807, 2.05) is 24.3 Å². The molecule has 0 radical (unpaired) electrons. The van der Waals surface area contributed by atoms with Crippen molar-refractivity contribution in [3.05, 3.63) is 52.6 Å². The molecule has 2 aromatic rings. The van der Waals surface area contributed by atoms with E-state index in [2.05, 4.69) is 31.5 Å². The highest BCUT2D eigenvalue weighted by Crippen LogP contribution is 2.15. The minimum absolute atomic E-state index is 0.156. The van der Waals surface area contributed by atoms with Crippen molar-refractivity contribution in [1.29, 1.82) is 0 Å². The second kappa shape index (κ2) is 5.64. The lowest BCUT2D eigenvalue weighted by molar-refractivity contribution is 0.102. The molecule has 2 rings (SSSR count). The molecule has 0 spiro atoms. The summed E-state index contributed by atoms with van der Waals surface area (Å²) in [6.07, 6.45) is 1.60. The van der Waals surface area contributed by atoms with Crippen molar-refractivity contribution in [1.82, 2.24) is 4.98 Å². The fraction of sp³-hybridized carbons (Fsp3) is 0.0769. The molecule has 5 heteroatoms. The van der Waals surface area contributed by atoms with Crippen molar-refractivity contribution in [3.63, 3.8) is 0 Å². The van der Waals surface area contributed by atoms with Gasteiger partial charge in [-0.3, -0.25) is 4.79 Å². The second-order valence-corrected chi connectivity index (χ2v) is 4.56. The monoisotopic (exact) mass is 305 g/mol. The third-order valence-electron chi connectivity index (χ3n) is 2.38. The van der Waals surface area contributed by atoms with Crippen LogP contribution in [0.5, 0.6) is 0 Å². The fourth-order valence-corrected chi connectivity index (χ4v) is 1.71. The van der Waals surface area contributed by atoms with E-state index in [4.69, 9.17) is 0 Å². The number of halogens is 1. The summed E-state index contributed by atoms with van der Waals surface area (Å²) >= 11 is 3.35. The molecule has 18 heavy (non-hydrogen) atoms. The Morgan fingerprint density at radius 1 is 1.22 bits per heavy atom. The maximum atomic E-state index is 12.0. The van der Waals surface area contributed by atoms with E-state index in [0.717, 1.165) is 10.2 Å². The maximum Gasteiger partial charge on any atom is 0.255 e. The standard InChI is InChI=1S/C13H12BrN3O/c1-15-12-8-9(6-7-16-12)13(18)17-11-4-2-10(14)3-5-11/h2-8H,1H3,(H,15,16)(H,17,18). The van der Waals surface area contributed by atoms with Crippen LogP contribution in [0.15, 0.2) is 47.1 Å². The van der Waals surface area contributed by atoms with E-state index in [9.17, 15) is 4.79 Å². The molecule has 0 aliphatic heterocycles. The van der Waals surface area contributed by atoms with E-state index in [1.165, 1.54) is 0 Å². The molecule has 1 heterocycles. The predicted octanol–water partition coefficient (Wildman–Crippen LogP) is 3.14. The summed E-state index contributed by atoms with van der Waals surface area (Å²) in [5, 5.41) is 5.72. The average Bonchev–Trinajstić information content (AvgIpc) is 2.41. The molecule has 4 nitrogen and oxygen atoms in total. The van der Waals surface area contributed by atoms with Crippen molar-refractivity contribution < 1.29 is 4.79 Å². The number of aromatic nitrogens is 1. The number of hydrogen-bond donors (Lipinski definition) is 2. The van der Waals surface area contributed by atoms with Crippen LogP contribution in [0.2, 0.25) is 0 Å². The normalized spacial score (nSPS) is 9.89. The third-order valence-corrected chi connectivity index (χ3v) is 2.91. The summed E-state index contributed by atoms with van der Waals surface area (Å²) in [6, 6.07) is 10.8. The maximum absolute atomic E-state index is 12.0. The van der Waals surface area contributed by atoms with Gasteiger partial charge < -0.3 is 10.6 Å². The van der Waals surface area contributed by atoms with Gasteiger partial charge in [0.25, 0.3) is 5.91 Å². The molecule has 92 valence electrons. The van der Waals surface area contributed by atoms with Crippen LogP contribution in [0.4, 0.5) is 11.5 Å². The fourth-order valence-electron chi connectivity index (χ4n) is 1.44. The Morgan fingerprint density at radius 3 is 2.61 bits per heavy atom. The Bertz CT molecular complexity index is 554. The highest BCUT2D eigenvalue weighted by atomic mass is 79.9. The second-order valence-electron chi connectivity index (χ2n) is 3.64. The van der Waals surface area contributed by atoms with Crippen molar-refractivity contribution in [2.24, 2.45) is 0 Å². The van der Waals surface area contributed by atoms with Gasteiger partial charge in [0.05, 0.1) is 0 Å². The van der Waals surface area contributed by atoms with Crippen LogP contribution in [0, 0.1) is 0 Å². The van der Waals surface area contributed by atoms with Gasteiger partial charge in [0, 0.05) is 29.0 Å². The molecule has 0 fully saturated rings. The van der Waals surface area contributed by atoms with Crippen LogP contribution >= 0.6 is 15.9 Å². The van der Waals surface area contributed by atoms with Crippen LogP contribution < -0.4 is 10.6 Å². The number of anilines is 2. The molecule has 0 aliphatic carbocycles. The van der Waals surface area contributed by atoms with Gasteiger partial charge in [0.15, 0.2) is 0 Å². The molecule has 0 unspecified atom stereocenters. The first-order chi connectivity index (χ1) is 8.69. The Hall–Kier alpha value is -1.88. The van der Waals surface area contributed by atoms with E-state index in [0.29, 0.717) is 11.4 Å². The molecule has 1 aromatic carbocycles. The molecule has 0 atom stereocenters. The SMILES string of the molecule is CNc1cc(C(=O)Nc2ccc(Br)cc2)ccn1. The molecule has 0 bridgehead atoms. The summed E-state index contributed by atoms with van der Waals surface area (Å²) in [4.78, 5) is 16.1. The van der Waals surface area contributed by atoms with Gasteiger partial charge in [-0.15, -0.1) is 0 Å². The van der Waals surface area contributed by atoms with Crippen molar-refractivity contribution >= 4 is 33.3 Å². The lowest BCUT2D eigenvalue weighted by Crippen LogP contribution is -2.12. The van der Waals surface area contributed by atoms with Crippen molar-refractivity contribution in [2.75, 3.05) is 17.7 Å². The minimum atomic E-state index is -0.156. The Morgan fingerprint density at radius 2 is 1.94 bits per heavy atom.